The van der Waals surface area contributed by atoms with Crippen LogP contribution in [0.5, 0.6) is 5.75 Å². The number of ether oxygens (including phenoxy) is 1. The van der Waals surface area contributed by atoms with Gasteiger partial charge in [-0.25, -0.2) is 0 Å². The van der Waals surface area contributed by atoms with E-state index in [4.69, 9.17) is 4.74 Å². The molecule has 1 aromatic carbocycles. The lowest BCUT2D eigenvalue weighted by Gasteiger charge is -2.32. The zero-order chi connectivity index (χ0) is 23.1. The highest BCUT2D eigenvalue weighted by molar-refractivity contribution is 7.99. The van der Waals surface area contributed by atoms with E-state index in [1.165, 1.54) is 17.3 Å². The Morgan fingerprint density at radius 1 is 1.12 bits per heavy atom. The van der Waals surface area contributed by atoms with Crippen LogP contribution in [0.2, 0.25) is 0 Å². The Labute approximate surface area is 193 Å². The van der Waals surface area contributed by atoms with Gasteiger partial charge in [0.05, 0.1) is 12.3 Å². The number of carbonyl (C=O) groups is 2. The van der Waals surface area contributed by atoms with Crippen molar-refractivity contribution in [2.24, 2.45) is 7.05 Å². The number of likely N-dealkylation sites (N-methyl/N-ethyl adjacent to an activating group) is 1. The summed E-state index contributed by atoms with van der Waals surface area (Å²) in [7, 11) is 3.90. The monoisotopic (exact) mass is 460 g/mol. The number of benzene rings is 1. The number of amides is 2. The fraction of sp³-hybridized carbons (Fsp3) is 0.545. The molecule has 2 aromatic rings. The molecule has 1 atom stereocenters. The summed E-state index contributed by atoms with van der Waals surface area (Å²) in [6.07, 6.45) is 0.323. The molecule has 1 aliphatic heterocycles. The molecule has 1 N–H and O–H groups in total. The normalized spacial score (nSPS) is 15.4. The Morgan fingerprint density at radius 2 is 1.81 bits per heavy atom. The van der Waals surface area contributed by atoms with Crippen LogP contribution < -0.4 is 10.1 Å². The van der Waals surface area contributed by atoms with Gasteiger partial charge in [0.1, 0.15) is 5.75 Å². The molecule has 0 spiro atoms. The Morgan fingerprint density at radius 3 is 2.47 bits per heavy atom. The number of hydrogen-bond donors (Lipinski definition) is 1. The van der Waals surface area contributed by atoms with Gasteiger partial charge in [-0.3, -0.25) is 9.59 Å². The van der Waals surface area contributed by atoms with Gasteiger partial charge < -0.3 is 24.4 Å². The maximum atomic E-state index is 12.4. The van der Waals surface area contributed by atoms with Crippen molar-refractivity contribution in [2.75, 3.05) is 39.0 Å². The zero-order valence-corrected chi connectivity index (χ0v) is 20.0. The predicted octanol–water partition coefficient (Wildman–Crippen LogP) is 1.33. The highest BCUT2D eigenvalue weighted by Gasteiger charge is 2.21. The van der Waals surface area contributed by atoms with Crippen LogP contribution in [0.25, 0.3) is 0 Å². The second kappa shape index (κ2) is 11.3. The lowest BCUT2D eigenvalue weighted by atomic mass is 10.2. The van der Waals surface area contributed by atoms with Gasteiger partial charge in [0.25, 0.3) is 5.91 Å². The highest BCUT2D eigenvalue weighted by Crippen LogP contribution is 2.17. The number of piperazine rings is 1. The van der Waals surface area contributed by atoms with Gasteiger partial charge >= 0.3 is 0 Å². The summed E-state index contributed by atoms with van der Waals surface area (Å²) in [6.45, 7) is 7.35. The topological polar surface area (TPSA) is 92.6 Å². The van der Waals surface area contributed by atoms with Crippen LogP contribution in [0.1, 0.15) is 25.2 Å². The van der Waals surface area contributed by atoms with Gasteiger partial charge in [-0.2, -0.15) is 0 Å². The molecule has 0 saturated carbocycles. The predicted molar refractivity (Wildman–Crippen MR) is 124 cm³/mol. The number of thioether (sulfide) groups is 1. The fourth-order valence-electron chi connectivity index (χ4n) is 3.27. The lowest BCUT2D eigenvalue weighted by molar-refractivity contribution is -0.130. The largest absolute Gasteiger partial charge is 0.481 e. The minimum Gasteiger partial charge on any atom is -0.481 e. The number of carbonyl (C=O) groups excluding carboxylic acids is 2. The molecule has 1 saturated heterocycles. The standard InChI is InChI=1S/C22H32N6O3S/c1-5-17-6-8-18(9-7-17)31-16(2)21(30)23-14-19-24-25-22(27(19)4)32-15-20(29)28-12-10-26(3)11-13-28/h6-9,16H,5,10-15H2,1-4H3,(H,23,30)/t16-/m1/s1. The van der Waals surface area contributed by atoms with Gasteiger partial charge in [-0.15, -0.1) is 10.2 Å². The Bertz CT molecular complexity index is 909. The second-order valence-electron chi connectivity index (χ2n) is 7.91. The fourth-order valence-corrected chi connectivity index (χ4v) is 4.10. The van der Waals surface area contributed by atoms with Crippen molar-refractivity contribution in [3.8, 4) is 5.75 Å². The van der Waals surface area contributed by atoms with Crippen LogP contribution in [0.15, 0.2) is 29.4 Å². The van der Waals surface area contributed by atoms with Crippen molar-refractivity contribution in [3.63, 3.8) is 0 Å². The van der Waals surface area contributed by atoms with Gasteiger partial charge in [0, 0.05) is 33.2 Å². The summed E-state index contributed by atoms with van der Waals surface area (Å²) in [6, 6.07) is 7.73. The molecule has 3 rings (SSSR count). The van der Waals surface area contributed by atoms with Crippen LogP contribution in [-0.4, -0.2) is 81.5 Å². The quantitative estimate of drug-likeness (QED) is 0.565. The first kappa shape index (κ1) is 24.1. The molecule has 0 unspecified atom stereocenters. The Kier molecular flexibility index (Phi) is 8.52. The van der Waals surface area contributed by atoms with Crippen LogP contribution in [0.3, 0.4) is 0 Å². The summed E-state index contributed by atoms with van der Waals surface area (Å²) in [5.41, 5.74) is 1.22. The van der Waals surface area contributed by atoms with E-state index in [2.05, 4.69) is 34.4 Å². The van der Waals surface area contributed by atoms with Gasteiger partial charge in [0.2, 0.25) is 5.91 Å². The Balaban J connectivity index is 1.45. The second-order valence-corrected chi connectivity index (χ2v) is 8.85. The number of aromatic nitrogens is 3. The smallest absolute Gasteiger partial charge is 0.261 e. The number of aryl methyl sites for hydroxylation is 1. The first-order valence-electron chi connectivity index (χ1n) is 10.9. The van der Waals surface area contributed by atoms with Gasteiger partial charge in [-0.1, -0.05) is 30.8 Å². The van der Waals surface area contributed by atoms with E-state index in [0.29, 0.717) is 22.5 Å². The van der Waals surface area contributed by atoms with E-state index >= 15 is 0 Å². The molecule has 1 aromatic heterocycles. The molecule has 0 bridgehead atoms. The van der Waals surface area contributed by atoms with E-state index in [-0.39, 0.29) is 18.4 Å². The first-order valence-corrected chi connectivity index (χ1v) is 11.9. The van der Waals surface area contributed by atoms with Crippen molar-refractivity contribution in [2.45, 2.75) is 38.1 Å². The average Bonchev–Trinajstić information content (AvgIpc) is 3.16. The van der Waals surface area contributed by atoms with Crippen LogP contribution in [0, 0.1) is 0 Å². The summed E-state index contributed by atoms with van der Waals surface area (Å²) < 4.78 is 7.53. The van der Waals surface area contributed by atoms with Crippen molar-refractivity contribution in [1.29, 1.82) is 0 Å². The van der Waals surface area contributed by atoms with Crippen molar-refractivity contribution in [3.05, 3.63) is 35.7 Å². The number of nitrogens with zero attached hydrogens (tertiary/aromatic N) is 5. The minimum atomic E-state index is -0.634. The van der Waals surface area contributed by atoms with Crippen LogP contribution in [0.4, 0.5) is 0 Å². The summed E-state index contributed by atoms with van der Waals surface area (Å²) >= 11 is 1.36. The molecular formula is C22H32N6O3S. The molecule has 2 amide bonds. The summed E-state index contributed by atoms with van der Waals surface area (Å²) in [5.74, 6) is 1.48. The highest BCUT2D eigenvalue weighted by atomic mass is 32.2. The number of nitrogens with one attached hydrogen (secondary N) is 1. The average molecular weight is 461 g/mol. The maximum absolute atomic E-state index is 12.4. The minimum absolute atomic E-state index is 0.110. The molecular weight excluding hydrogens is 428 g/mol. The van der Waals surface area contributed by atoms with E-state index in [0.717, 1.165) is 32.6 Å². The molecule has 1 fully saturated rings. The molecule has 10 heteroatoms. The van der Waals surface area contributed by atoms with E-state index < -0.39 is 6.10 Å². The Hall–Kier alpha value is -2.59. The van der Waals surface area contributed by atoms with E-state index in [9.17, 15) is 9.59 Å². The SMILES string of the molecule is CCc1ccc(O[C@H](C)C(=O)NCc2nnc(SCC(=O)N3CCN(C)CC3)n2C)cc1. The molecule has 32 heavy (non-hydrogen) atoms. The third kappa shape index (κ3) is 6.46. The van der Waals surface area contributed by atoms with Crippen molar-refractivity contribution in [1.82, 2.24) is 29.9 Å². The third-order valence-electron chi connectivity index (χ3n) is 5.54. The van der Waals surface area contributed by atoms with Crippen LogP contribution >= 0.6 is 11.8 Å². The van der Waals surface area contributed by atoms with E-state index in [1.54, 1.807) is 11.5 Å². The van der Waals surface area contributed by atoms with Crippen molar-refractivity contribution < 1.29 is 14.3 Å². The zero-order valence-electron chi connectivity index (χ0n) is 19.2. The first-order chi connectivity index (χ1) is 15.4. The third-order valence-corrected chi connectivity index (χ3v) is 6.55. The summed E-state index contributed by atoms with van der Waals surface area (Å²) in [4.78, 5) is 29.0. The number of hydrogen-bond acceptors (Lipinski definition) is 7. The molecule has 0 radical (unpaired) electrons. The number of rotatable bonds is 9. The molecule has 174 valence electrons. The van der Waals surface area contributed by atoms with Crippen molar-refractivity contribution >= 4 is 23.6 Å². The lowest BCUT2D eigenvalue weighted by Crippen LogP contribution is -2.47. The van der Waals surface area contributed by atoms with Gasteiger partial charge in [-0.05, 0) is 38.1 Å². The summed E-state index contributed by atoms with van der Waals surface area (Å²) in [5, 5.41) is 11.8. The maximum Gasteiger partial charge on any atom is 0.261 e. The van der Waals surface area contributed by atoms with Crippen LogP contribution in [-0.2, 0) is 29.6 Å². The molecule has 2 heterocycles. The molecule has 1 aliphatic rings. The van der Waals surface area contributed by atoms with Gasteiger partial charge in [0.15, 0.2) is 17.1 Å². The molecule has 0 aliphatic carbocycles. The van der Waals surface area contributed by atoms with E-state index in [1.807, 2.05) is 36.2 Å². The molecule has 9 nitrogen and oxygen atoms in total.